The van der Waals surface area contributed by atoms with E-state index in [1.807, 2.05) is 19.9 Å². The van der Waals surface area contributed by atoms with Crippen LogP contribution in [-0.2, 0) is 10.0 Å². The maximum absolute atomic E-state index is 13.8. The molecular weight excluding hydrogens is 568 g/mol. The number of aromatic carboxylic acids is 1. The van der Waals surface area contributed by atoms with Crippen molar-refractivity contribution in [1.82, 2.24) is 25.0 Å². The van der Waals surface area contributed by atoms with Gasteiger partial charge in [-0.15, -0.1) is 0 Å². The van der Waals surface area contributed by atoms with Gasteiger partial charge in [-0.05, 0) is 66.6 Å². The molecule has 1 amide bonds. The van der Waals surface area contributed by atoms with Crippen molar-refractivity contribution in [3.63, 3.8) is 0 Å². The van der Waals surface area contributed by atoms with Gasteiger partial charge < -0.3 is 15.7 Å². The number of nitrogens with one attached hydrogen (secondary N) is 3. The van der Waals surface area contributed by atoms with Gasteiger partial charge in [0.05, 0.1) is 33.8 Å². The third kappa shape index (κ3) is 5.93. The van der Waals surface area contributed by atoms with Crippen molar-refractivity contribution in [3.05, 3.63) is 89.3 Å². The zero-order valence-electron chi connectivity index (χ0n) is 23.7. The molecule has 4 aromatic rings. The lowest BCUT2D eigenvalue weighted by molar-refractivity contribution is 0.0696. The number of hydrogen-bond acceptors (Lipinski definition) is 8. The van der Waals surface area contributed by atoms with Gasteiger partial charge in [0.15, 0.2) is 0 Å². The Bertz CT molecular complexity index is 1830. The van der Waals surface area contributed by atoms with Crippen molar-refractivity contribution >= 4 is 38.4 Å². The molecule has 2 atom stereocenters. The van der Waals surface area contributed by atoms with E-state index in [1.54, 1.807) is 30.6 Å². The largest absolute Gasteiger partial charge is 0.478 e. The van der Waals surface area contributed by atoms with Crippen molar-refractivity contribution in [2.24, 2.45) is 5.92 Å². The standard InChI is InChI=1S/C31H32N6O5S/c1-17(2)12-35-43(41,42)28-10-23-26(37-30(38)19-4-3-7-32-13-19)11-27(36-21-8-20(31(39)40)14-33-15-21)29(23)24-16-34-25(9-22(24)28)18-5-6-18/h3-4,7-10,13-18,26-27,35-36H,5-6,11-12H2,1-2H3,(H,37,38)(H,39,40)/t26-,27-/m0/s1. The molecule has 0 bridgehead atoms. The van der Waals surface area contributed by atoms with E-state index in [-0.39, 0.29) is 28.8 Å². The van der Waals surface area contributed by atoms with Gasteiger partial charge >= 0.3 is 5.97 Å². The van der Waals surface area contributed by atoms with Crippen molar-refractivity contribution in [3.8, 4) is 0 Å². The fraction of sp³-hybridized carbons (Fsp3) is 0.323. The number of aromatic nitrogens is 3. The zero-order valence-corrected chi connectivity index (χ0v) is 24.6. The number of anilines is 1. The van der Waals surface area contributed by atoms with Crippen LogP contribution in [0.4, 0.5) is 5.69 Å². The van der Waals surface area contributed by atoms with Crippen molar-refractivity contribution in [2.45, 2.75) is 56.0 Å². The number of fused-ring (bicyclic) bond motifs is 3. The van der Waals surface area contributed by atoms with Crippen molar-refractivity contribution < 1.29 is 23.1 Å². The molecule has 4 N–H and O–H groups in total. The van der Waals surface area contributed by atoms with Crippen LogP contribution < -0.4 is 15.4 Å². The maximum Gasteiger partial charge on any atom is 0.337 e. The molecule has 1 saturated carbocycles. The third-order valence-corrected chi connectivity index (χ3v) is 9.26. The minimum Gasteiger partial charge on any atom is -0.478 e. The van der Waals surface area contributed by atoms with Crippen LogP contribution in [0.2, 0.25) is 0 Å². The lowest BCUT2D eigenvalue weighted by Crippen LogP contribution is -2.29. The second kappa shape index (κ2) is 11.3. The highest BCUT2D eigenvalue weighted by Gasteiger charge is 2.37. The number of hydrogen-bond donors (Lipinski definition) is 4. The van der Waals surface area contributed by atoms with E-state index in [1.165, 1.54) is 24.7 Å². The summed E-state index contributed by atoms with van der Waals surface area (Å²) < 4.78 is 30.3. The van der Waals surface area contributed by atoms with Gasteiger partial charge in [-0.25, -0.2) is 17.9 Å². The zero-order chi connectivity index (χ0) is 30.3. The molecule has 0 aliphatic heterocycles. The average Bonchev–Trinajstić information content (AvgIpc) is 3.79. The fourth-order valence-electron chi connectivity index (χ4n) is 5.52. The lowest BCUT2D eigenvalue weighted by atomic mass is 9.98. The van der Waals surface area contributed by atoms with Gasteiger partial charge in [-0.1, -0.05) is 13.8 Å². The van der Waals surface area contributed by atoms with Gasteiger partial charge in [-0.2, -0.15) is 0 Å². The highest BCUT2D eigenvalue weighted by molar-refractivity contribution is 7.89. The van der Waals surface area contributed by atoms with Crippen LogP contribution in [0, 0.1) is 5.92 Å². The highest BCUT2D eigenvalue weighted by atomic mass is 32.2. The van der Waals surface area contributed by atoms with Crippen LogP contribution in [-0.4, -0.2) is 46.9 Å². The van der Waals surface area contributed by atoms with E-state index < -0.39 is 28.1 Å². The van der Waals surface area contributed by atoms with Gasteiger partial charge in [0.25, 0.3) is 5.91 Å². The molecule has 3 heterocycles. The molecule has 0 spiro atoms. The van der Waals surface area contributed by atoms with Crippen LogP contribution in [0.1, 0.15) is 88.6 Å². The number of carbonyl (C=O) groups excluding carboxylic acids is 1. The van der Waals surface area contributed by atoms with Crippen molar-refractivity contribution in [2.75, 3.05) is 11.9 Å². The second-order valence-electron chi connectivity index (χ2n) is 11.5. The minimum atomic E-state index is -3.92. The summed E-state index contributed by atoms with van der Waals surface area (Å²) >= 11 is 0. The predicted molar refractivity (Wildman–Crippen MR) is 160 cm³/mol. The molecule has 0 unspecified atom stereocenters. The first kappa shape index (κ1) is 28.7. The Balaban J connectivity index is 1.50. The summed E-state index contributed by atoms with van der Waals surface area (Å²) in [6.45, 7) is 4.15. The molecule has 2 aliphatic carbocycles. The van der Waals surface area contributed by atoms with E-state index >= 15 is 0 Å². The fourth-order valence-corrected chi connectivity index (χ4v) is 6.97. The van der Waals surface area contributed by atoms with Gasteiger partial charge in [0, 0.05) is 59.9 Å². The molecule has 43 heavy (non-hydrogen) atoms. The molecule has 0 radical (unpaired) electrons. The minimum absolute atomic E-state index is 0.0305. The quantitative estimate of drug-likeness (QED) is 0.204. The van der Waals surface area contributed by atoms with Gasteiger partial charge in [0.1, 0.15) is 0 Å². The Labute approximate surface area is 249 Å². The molecule has 6 rings (SSSR count). The molecule has 12 heteroatoms. The Morgan fingerprint density at radius 1 is 1.00 bits per heavy atom. The van der Waals surface area contributed by atoms with Crippen molar-refractivity contribution in [1.29, 1.82) is 0 Å². The first-order valence-electron chi connectivity index (χ1n) is 14.2. The normalized spacial score (nSPS) is 18.0. The molecule has 222 valence electrons. The van der Waals surface area contributed by atoms with E-state index in [0.717, 1.165) is 24.1 Å². The summed E-state index contributed by atoms with van der Waals surface area (Å²) in [7, 11) is -3.92. The van der Waals surface area contributed by atoms with Crippen LogP contribution >= 0.6 is 0 Å². The number of amides is 1. The Hall–Kier alpha value is -4.42. The predicted octanol–water partition coefficient (Wildman–Crippen LogP) is 4.56. The number of carbonyl (C=O) groups is 2. The van der Waals surface area contributed by atoms with Crippen LogP contribution in [0.15, 0.2) is 66.2 Å². The van der Waals surface area contributed by atoms with Crippen LogP contribution in [0.3, 0.4) is 0 Å². The number of carboxylic acid groups (broad SMARTS) is 1. The second-order valence-corrected chi connectivity index (χ2v) is 13.3. The number of benzene rings is 1. The summed E-state index contributed by atoms with van der Waals surface area (Å²) in [5.74, 6) is -1.03. The van der Waals surface area contributed by atoms with E-state index in [0.29, 0.717) is 39.9 Å². The summed E-state index contributed by atoms with van der Waals surface area (Å²) in [5, 5.41) is 17.2. The molecule has 1 fully saturated rings. The third-order valence-electron chi connectivity index (χ3n) is 7.80. The highest BCUT2D eigenvalue weighted by Crippen LogP contribution is 2.47. The number of rotatable bonds is 10. The molecule has 11 nitrogen and oxygen atoms in total. The number of carboxylic acids is 1. The van der Waals surface area contributed by atoms with Crippen LogP contribution in [0.25, 0.3) is 10.8 Å². The molecule has 1 aromatic carbocycles. The number of sulfonamides is 1. The topological polar surface area (TPSA) is 163 Å². The summed E-state index contributed by atoms with van der Waals surface area (Å²) in [6, 6.07) is 7.41. The Morgan fingerprint density at radius 2 is 1.79 bits per heavy atom. The SMILES string of the molecule is CC(C)CNS(=O)(=O)c1cc2c(c3cnc(C4CC4)cc13)[C@@H](Nc1cncc(C(=O)O)c1)C[C@@H]2NC(=O)c1cccnc1. The average molecular weight is 601 g/mol. The number of nitrogens with zero attached hydrogens (tertiary/aromatic N) is 3. The first-order chi connectivity index (χ1) is 20.6. The van der Waals surface area contributed by atoms with Gasteiger partial charge in [-0.3, -0.25) is 19.7 Å². The first-order valence-corrected chi connectivity index (χ1v) is 15.7. The van der Waals surface area contributed by atoms with E-state index in [4.69, 9.17) is 4.98 Å². The molecule has 2 aliphatic rings. The maximum atomic E-state index is 13.8. The van der Waals surface area contributed by atoms with E-state index in [2.05, 4.69) is 25.3 Å². The molecule has 0 saturated heterocycles. The van der Waals surface area contributed by atoms with E-state index in [9.17, 15) is 23.1 Å². The van der Waals surface area contributed by atoms with Gasteiger partial charge in [0.2, 0.25) is 10.0 Å². The molecule has 3 aromatic heterocycles. The lowest BCUT2D eigenvalue weighted by Gasteiger charge is -2.19. The summed E-state index contributed by atoms with van der Waals surface area (Å²) in [4.78, 5) is 37.8. The number of pyridine rings is 3. The smallest absolute Gasteiger partial charge is 0.337 e. The Kier molecular flexibility index (Phi) is 7.57. The summed E-state index contributed by atoms with van der Waals surface area (Å²) in [6.07, 6.45) is 9.99. The monoisotopic (exact) mass is 600 g/mol. The molecular formula is C31H32N6O5S. The summed E-state index contributed by atoms with van der Waals surface area (Å²) in [5.41, 5.74) is 3.20. The Morgan fingerprint density at radius 3 is 2.49 bits per heavy atom. The van der Waals surface area contributed by atoms with Crippen LogP contribution in [0.5, 0.6) is 0 Å².